The lowest BCUT2D eigenvalue weighted by molar-refractivity contribution is -0.121. The van der Waals surface area contributed by atoms with Crippen LogP contribution in [0.15, 0.2) is 78.0 Å². The van der Waals surface area contributed by atoms with Crippen molar-refractivity contribution < 1.29 is 18.7 Å². The Labute approximate surface area is 220 Å². The molecule has 192 valence electrons. The number of ether oxygens (including phenoxy) is 2. The monoisotopic (exact) mass is 520 g/mol. The number of rotatable bonds is 11. The van der Waals surface area contributed by atoms with Gasteiger partial charge in [0.2, 0.25) is 5.91 Å². The lowest BCUT2D eigenvalue weighted by Crippen LogP contribution is -2.33. The highest BCUT2D eigenvalue weighted by Crippen LogP contribution is 2.27. The second-order valence-corrected chi connectivity index (χ2v) is 9.39. The molecule has 7 nitrogen and oxygen atoms in total. The molecule has 0 unspecified atom stereocenters. The maximum atomic E-state index is 14.1. The number of nitrogens with zero attached hydrogens (tertiary/aromatic N) is 3. The summed E-state index contributed by atoms with van der Waals surface area (Å²) in [6.07, 6.45) is 0.643. The number of hydrogen-bond donors (Lipinski definition) is 1. The number of carbonyl (C=O) groups excluding carboxylic acids is 1. The maximum absolute atomic E-state index is 14.1. The minimum atomic E-state index is -0.424. The van der Waals surface area contributed by atoms with Crippen LogP contribution >= 0.6 is 11.8 Å². The van der Waals surface area contributed by atoms with E-state index in [9.17, 15) is 9.18 Å². The van der Waals surface area contributed by atoms with E-state index < -0.39 is 6.04 Å². The Hall–Kier alpha value is -3.85. The summed E-state index contributed by atoms with van der Waals surface area (Å²) in [4.78, 5) is 13.2. The molecule has 1 atom stereocenters. The molecule has 3 aromatic carbocycles. The van der Waals surface area contributed by atoms with Crippen LogP contribution in [0, 0.1) is 5.82 Å². The lowest BCUT2D eigenvalue weighted by atomic mass is 10.0. The number of halogens is 1. The molecule has 1 amide bonds. The van der Waals surface area contributed by atoms with Crippen LogP contribution in [0.5, 0.6) is 11.5 Å². The van der Waals surface area contributed by atoms with Crippen LogP contribution in [-0.2, 0) is 30.4 Å². The average molecular weight is 521 g/mol. The van der Waals surface area contributed by atoms with Gasteiger partial charge in [-0.25, -0.2) is 4.39 Å². The summed E-state index contributed by atoms with van der Waals surface area (Å²) in [5.74, 6) is 1.86. The first kappa shape index (κ1) is 26.2. The fourth-order valence-electron chi connectivity index (χ4n) is 4.01. The topological polar surface area (TPSA) is 78.3 Å². The standard InChI is InChI=1S/C28H29FN4O3S/c1-33-27(31-32-28(33)37-18-20-11-7-8-12-23(20)29)24(15-19-9-5-4-6-10-19)30-26(34)17-21-16-22(35-2)13-14-25(21)36-3/h4-14,16,24H,15,17-18H2,1-3H3,(H,30,34)/t24-/m0/s1. The van der Waals surface area contributed by atoms with Crippen LogP contribution < -0.4 is 14.8 Å². The summed E-state index contributed by atoms with van der Waals surface area (Å²) in [7, 11) is 5.01. The molecule has 0 fully saturated rings. The van der Waals surface area contributed by atoms with E-state index in [1.807, 2.05) is 48.0 Å². The second kappa shape index (κ2) is 12.4. The molecule has 0 aliphatic carbocycles. The molecule has 4 rings (SSSR count). The largest absolute Gasteiger partial charge is 0.497 e. The molecule has 1 heterocycles. The third kappa shape index (κ3) is 6.68. The highest BCUT2D eigenvalue weighted by atomic mass is 32.2. The van der Waals surface area contributed by atoms with Crippen molar-refractivity contribution in [2.45, 2.75) is 29.8 Å². The molecule has 37 heavy (non-hydrogen) atoms. The molecular weight excluding hydrogens is 491 g/mol. The van der Waals surface area contributed by atoms with Crippen LogP contribution in [0.25, 0.3) is 0 Å². The third-order valence-electron chi connectivity index (χ3n) is 5.95. The van der Waals surface area contributed by atoms with Gasteiger partial charge in [0.25, 0.3) is 0 Å². The van der Waals surface area contributed by atoms with Crippen LogP contribution in [0.1, 0.15) is 28.6 Å². The summed E-state index contributed by atoms with van der Waals surface area (Å²) in [5, 5.41) is 12.5. The number of methoxy groups -OCH3 is 2. The number of benzene rings is 3. The predicted octanol–water partition coefficient (Wildman–Crippen LogP) is 4.91. The number of thioether (sulfide) groups is 1. The highest BCUT2D eigenvalue weighted by molar-refractivity contribution is 7.98. The van der Waals surface area contributed by atoms with Crippen molar-refractivity contribution >= 4 is 17.7 Å². The Morgan fingerprint density at radius 3 is 2.49 bits per heavy atom. The fourth-order valence-corrected chi connectivity index (χ4v) is 4.91. The molecule has 0 bridgehead atoms. The molecule has 0 saturated carbocycles. The number of hydrogen-bond acceptors (Lipinski definition) is 6. The van der Waals surface area contributed by atoms with E-state index in [0.29, 0.717) is 40.2 Å². The zero-order chi connectivity index (χ0) is 26.2. The normalized spacial score (nSPS) is 11.7. The Balaban J connectivity index is 1.55. The van der Waals surface area contributed by atoms with Crippen LogP contribution in [0.2, 0.25) is 0 Å². The predicted molar refractivity (Wildman–Crippen MR) is 141 cm³/mol. The third-order valence-corrected chi connectivity index (χ3v) is 7.02. The van der Waals surface area contributed by atoms with Crippen LogP contribution in [0.3, 0.4) is 0 Å². The van der Waals surface area contributed by atoms with E-state index in [-0.39, 0.29) is 18.1 Å². The van der Waals surface area contributed by atoms with Crippen LogP contribution in [-0.4, -0.2) is 34.9 Å². The molecule has 0 radical (unpaired) electrons. The SMILES string of the molecule is COc1ccc(OC)c(CC(=O)N[C@@H](Cc2ccccc2)c2nnc(SCc3ccccc3F)n2C)c1. The van der Waals surface area contributed by atoms with Crippen molar-refractivity contribution in [1.29, 1.82) is 0 Å². The lowest BCUT2D eigenvalue weighted by Gasteiger charge is -2.19. The van der Waals surface area contributed by atoms with Gasteiger partial charge in [0.05, 0.1) is 26.7 Å². The van der Waals surface area contributed by atoms with Crippen molar-refractivity contribution in [3.05, 3.63) is 101 Å². The fraction of sp³-hybridized carbons (Fsp3) is 0.250. The van der Waals surface area contributed by atoms with E-state index >= 15 is 0 Å². The Bertz CT molecular complexity index is 1350. The molecule has 4 aromatic rings. The Morgan fingerprint density at radius 1 is 1.00 bits per heavy atom. The minimum Gasteiger partial charge on any atom is -0.497 e. The smallest absolute Gasteiger partial charge is 0.225 e. The zero-order valence-electron chi connectivity index (χ0n) is 21.0. The summed E-state index contributed by atoms with van der Waals surface area (Å²) in [6, 6.07) is 21.5. The van der Waals surface area contributed by atoms with Gasteiger partial charge < -0.3 is 19.4 Å². The van der Waals surface area contributed by atoms with Crippen LogP contribution in [0.4, 0.5) is 4.39 Å². The van der Waals surface area contributed by atoms with Gasteiger partial charge in [0.1, 0.15) is 17.3 Å². The zero-order valence-corrected chi connectivity index (χ0v) is 21.8. The summed E-state index contributed by atoms with van der Waals surface area (Å²) in [6.45, 7) is 0. The van der Waals surface area contributed by atoms with Gasteiger partial charge in [-0.1, -0.05) is 60.3 Å². The molecule has 9 heteroatoms. The summed E-state index contributed by atoms with van der Waals surface area (Å²) >= 11 is 1.40. The van der Waals surface area contributed by atoms with Crippen molar-refractivity contribution in [1.82, 2.24) is 20.1 Å². The first-order chi connectivity index (χ1) is 18.0. The van der Waals surface area contributed by atoms with Gasteiger partial charge in [-0.3, -0.25) is 4.79 Å². The summed E-state index contributed by atoms with van der Waals surface area (Å²) in [5.41, 5.74) is 2.37. The van der Waals surface area contributed by atoms with Crippen molar-refractivity contribution in [3.63, 3.8) is 0 Å². The molecule has 1 aromatic heterocycles. The molecule has 0 aliphatic heterocycles. The number of aromatic nitrogens is 3. The quantitative estimate of drug-likeness (QED) is 0.283. The Morgan fingerprint density at radius 2 is 1.76 bits per heavy atom. The summed E-state index contributed by atoms with van der Waals surface area (Å²) < 4.78 is 26.7. The van der Waals surface area contributed by atoms with E-state index in [1.165, 1.54) is 17.8 Å². The molecule has 0 saturated heterocycles. The first-order valence-corrected chi connectivity index (χ1v) is 12.8. The van der Waals surface area contributed by atoms with E-state index in [1.54, 1.807) is 44.6 Å². The number of carbonyl (C=O) groups is 1. The maximum Gasteiger partial charge on any atom is 0.225 e. The van der Waals surface area contributed by atoms with Gasteiger partial charge in [-0.05, 0) is 41.8 Å². The number of nitrogens with one attached hydrogen (secondary N) is 1. The second-order valence-electron chi connectivity index (χ2n) is 8.44. The van der Waals surface area contributed by atoms with Gasteiger partial charge in [-0.2, -0.15) is 0 Å². The van der Waals surface area contributed by atoms with Crippen molar-refractivity contribution in [2.24, 2.45) is 7.05 Å². The van der Waals surface area contributed by atoms with Gasteiger partial charge in [0.15, 0.2) is 11.0 Å². The van der Waals surface area contributed by atoms with Gasteiger partial charge in [-0.15, -0.1) is 10.2 Å². The van der Waals surface area contributed by atoms with E-state index in [4.69, 9.17) is 9.47 Å². The highest BCUT2D eigenvalue weighted by Gasteiger charge is 2.23. The Kier molecular flexibility index (Phi) is 8.79. The number of amides is 1. The average Bonchev–Trinajstić information content (AvgIpc) is 3.28. The van der Waals surface area contributed by atoms with Crippen molar-refractivity contribution in [3.8, 4) is 11.5 Å². The van der Waals surface area contributed by atoms with Gasteiger partial charge in [0, 0.05) is 18.4 Å². The molecular formula is C28H29FN4O3S. The molecule has 0 aliphatic rings. The van der Waals surface area contributed by atoms with E-state index in [0.717, 1.165) is 11.1 Å². The van der Waals surface area contributed by atoms with Crippen molar-refractivity contribution in [2.75, 3.05) is 14.2 Å². The van der Waals surface area contributed by atoms with Gasteiger partial charge >= 0.3 is 0 Å². The minimum absolute atomic E-state index is 0.110. The molecule has 0 spiro atoms. The first-order valence-electron chi connectivity index (χ1n) is 11.8. The molecule has 1 N–H and O–H groups in total. The van der Waals surface area contributed by atoms with E-state index in [2.05, 4.69) is 15.5 Å².